The zero-order valence-electron chi connectivity index (χ0n) is 12.9. The van der Waals surface area contributed by atoms with Crippen LogP contribution < -0.4 is 0 Å². The Labute approximate surface area is 132 Å². The van der Waals surface area contributed by atoms with Crippen LogP contribution in [0, 0.1) is 0 Å². The molecule has 0 amide bonds. The molecular weight excluding hydrogens is 276 g/mol. The minimum Gasteiger partial charge on any atom is -0.382 e. The van der Waals surface area contributed by atoms with Gasteiger partial charge in [0.25, 0.3) is 0 Å². The van der Waals surface area contributed by atoms with Gasteiger partial charge in [-0.25, -0.2) is 0 Å². The second kappa shape index (κ2) is 9.15. The zero-order chi connectivity index (χ0) is 15.6. The van der Waals surface area contributed by atoms with Gasteiger partial charge in [-0.2, -0.15) is 0 Å². The molecule has 0 fully saturated rings. The Morgan fingerprint density at radius 2 is 1.59 bits per heavy atom. The van der Waals surface area contributed by atoms with E-state index < -0.39 is 0 Å². The average molecular weight is 298 g/mol. The van der Waals surface area contributed by atoms with E-state index in [0.717, 1.165) is 16.7 Å². The van der Waals surface area contributed by atoms with Gasteiger partial charge < -0.3 is 14.2 Å². The maximum absolute atomic E-state index is 5.91. The van der Waals surface area contributed by atoms with E-state index in [1.54, 1.807) is 7.11 Å². The predicted molar refractivity (Wildman–Crippen MR) is 88.4 cm³/mol. The van der Waals surface area contributed by atoms with Crippen molar-refractivity contribution in [2.75, 3.05) is 27.1 Å². The first kappa shape index (κ1) is 16.4. The first-order valence-electron chi connectivity index (χ1n) is 7.30. The molecule has 2 aromatic carbocycles. The topological polar surface area (TPSA) is 27.7 Å². The summed E-state index contributed by atoms with van der Waals surface area (Å²) >= 11 is 0. The molecule has 0 spiro atoms. The maximum atomic E-state index is 5.91. The summed E-state index contributed by atoms with van der Waals surface area (Å²) in [6.45, 7) is 5.48. The number of benzene rings is 2. The summed E-state index contributed by atoms with van der Waals surface area (Å²) in [5, 5.41) is 0. The van der Waals surface area contributed by atoms with Crippen LogP contribution in [0.15, 0.2) is 67.2 Å². The average Bonchev–Trinajstić information content (AvgIpc) is 2.59. The van der Waals surface area contributed by atoms with E-state index in [2.05, 4.69) is 6.58 Å². The van der Waals surface area contributed by atoms with E-state index >= 15 is 0 Å². The van der Waals surface area contributed by atoms with Crippen molar-refractivity contribution in [3.63, 3.8) is 0 Å². The van der Waals surface area contributed by atoms with Crippen LogP contribution in [-0.4, -0.2) is 27.1 Å². The molecule has 2 rings (SSSR count). The fraction of sp³-hybridized carbons (Fsp3) is 0.263. The molecule has 3 nitrogen and oxygen atoms in total. The van der Waals surface area contributed by atoms with Crippen molar-refractivity contribution in [3.05, 3.63) is 78.4 Å². The molecule has 0 aliphatic heterocycles. The van der Waals surface area contributed by atoms with E-state index in [1.807, 2.05) is 60.7 Å². The summed E-state index contributed by atoms with van der Waals surface area (Å²) in [5.74, 6) is 0. The van der Waals surface area contributed by atoms with Gasteiger partial charge in [-0.05, 0) is 16.7 Å². The van der Waals surface area contributed by atoms with Gasteiger partial charge in [0, 0.05) is 7.11 Å². The van der Waals surface area contributed by atoms with Gasteiger partial charge in [0.05, 0.1) is 13.2 Å². The van der Waals surface area contributed by atoms with Crippen LogP contribution in [0.4, 0.5) is 0 Å². The molecule has 116 valence electrons. The Kier molecular flexibility index (Phi) is 6.84. The van der Waals surface area contributed by atoms with Crippen molar-refractivity contribution < 1.29 is 14.2 Å². The lowest BCUT2D eigenvalue weighted by Crippen LogP contribution is -2.11. The summed E-state index contributed by atoms with van der Waals surface area (Å²) in [5.41, 5.74) is 3.04. The van der Waals surface area contributed by atoms with E-state index in [0.29, 0.717) is 13.2 Å². The molecule has 0 heterocycles. The van der Waals surface area contributed by atoms with Crippen LogP contribution in [0.1, 0.15) is 17.2 Å². The smallest absolute Gasteiger partial charge is 0.148 e. The van der Waals surface area contributed by atoms with Crippen LogP contribution in [-0.2, 0) is 14.2 Å². The normalized spacial score (nSPS) is 12.0. The summed E-state index contributed by atoms with van der Waals surface area (Å²) < 4.78 is 16.3. The van der Waals surface area contributed by atoms with E-state index in [4.69, 9.17) is 14.2 Å². The van der Waals surface area contributed by atoms with Crippen molar-refractivity contribution in [2.45, 2.75) is 6.10 Å². The third kappa shape index (κ3) is 4.81. The number of ether oxygens (including phenoxy) is 3. The molecule has 1 unspecified atom stereocenters. The highest BCUT2D eigenvalue weighted by molar-refractivity contribution is 5.68. The lowest BCUT2D eigenvalue weighted by atomic mass is 9.96. The Morgan fingerprint density at radius 3 is 2.23 bits per heavy atom. The highest BCUT2D eigenvalue weighted by Crippen LogP contribution is 2.31. The van der Waals surface area contributed by atoms with Gasteiger partial charge in [0.15, 0.2) is 0 Å². The van der Waals surface area contributed by atoms with Crippen molar-refractivity contribution in [1.29, 1.82) is 0 Å². The SMILES string of the molecule is C=C(c1ccccc1)C(OCOCCOC)c1ccccc1. The van der Waals surface area contributed by atoms with Crippen LogP contribution >= 0.6 is 0 Å². The Bertz CT molecular complexity index is 551. The summed E-state index contributed by atoms with van der Waals surface area (Å²) in [6.07, 6.45) is -0.230. The summed E-state index contributed by atoms with van der Waals surface area (Å²) in [7, 11) is 1.65. The second-order valence-corrected chi connectivity index (χ2v) is 4.87. The summed E-state index contributed by atoms with van der Waals surface area (Å²) in [6, 6.07) is 20.1. The fourth-order valence-electron chi connectivity index (χ4n) is 2.15. The zero-order valence-corrected chi connectivity index (χ0v) is 12.9. The molecular formula is C19H22O3. The van der Waals surface area contributed by atoms with Gasteiger partial charge in [-0.3, -0.25) is 0 Å². The van der Waals surface area contributed by atoms with Crippen molar-refractivity contribution in [1.82, 2.24) is 0 Å². The largest absolute Gasteiger partial charge is 0.382 e. The minimum atomic E-state index is -0.230. The molecule has 0 bridgehead atoms. The third-order valence-electron chi connectivity index (χ3n) is 3.31. The van der Waals surface area contributed by atoms with Gasteiger partial charge >= 0.3 is 0 Å². The van der Waals surface area contributed by atoms with Crippen LogP contribution in [0.5, 0.6) is 0 Å². The summed E-state index contributed by atoms with van der Waals surface area (Å²) in [4.78, 5) is 0. The number of hydrogen-bond donors (Lipinski definition) is 0. The highest BCUT2D eigenvalue weighted by Gasteiger charge is 2.17. The molecule has 22 heavy (non-hydrogen) atoms. The van der Waals surface area contributed by atoms with Gasteiger partial charge in [-0.15, -0.1) is 0 Å². The van der Waals surface area contributed by atoms with E-state index in [9.17, 15) is 0 Å². The maximum Gasteiger partial charge on any atom is 0.148 e. The number of rotatable bonds is 9. The highest BCUT2D eigenvalue weighted by atomic mass is 16.7. The fourth-order valence-corrected chi connectivity index (χ4v) is 2.15. The monoisotopic (exact) mass is 298 g/mol. The first-order valence-corrected chi connectivity index (χ1v) is 7.30. The predicted octanol–water partition coefficient (Wildman–Crippen LogP) is 4.08. The van der Waals surface area contributed by atoms with Crippen molar-refractivity contribution in [2.24, 2.45) is 0 Å². The van der Waals surface area contributed by atoms with Gasteiger partial charge in [0.2, 0.25) is 0 Å². The van der Waals surface area contributed by atoms with Crippen molar-refractivity contribution >= 4 is 5.57 Å². The Hall–Kier alpha value is -1.94. The molecule has 0 saturated heterocycles. The Morgan fingerprint density at radius 1 is 0.955 bits per heavy atom. The van der Waals surface area contributed by atoms with E-state index in [1.165, 1.54) is 0 Å². The molecule has 0 saturated carbocycles. The van der Waals surface area contributed by atoms with Crippen molar-refractivity contribution in [3.8, 4) is 0 Å². The minimum absolute atomic E-state index is 0.203. The lowest BCUT2D eigenvalue weighted by molar-refractivity contribution is -0.0833. The standard InChI is InChI=1S/C19H22O3/c1-16(17-9-5-3-6-10-17)19(18-11-7-4-8-12-18)22-15-21-14-13-20-2/h3-12,19H,1,13-15H2,2H3. The molecule has 0 aliphatic rings. The molecule has 0 radical (unpaired) electrons. The molecule has 3 heteroatoms. The lowest BCUT2D eigenvalue weighted by Gasteiger charge is -2.21. The third-order valence-corrected chi connectivity index (χ3v) is 3.31. The van der Waals surface area contributed by atoms with Crippen LogP contribution in [0.25, 0.3) is 5.57 Å². The number of methoxy groups -OCH3 is 1. The van der Waals surface area contributed by atoms with Crippen LogP contribution in [0.2, 0.25) is 0 Å². The first-order chi connectivity index (χ1) is 10.8. The molecule has 0 aromatic heterocycles. The Balaban J connectivity index is 2.07. The molecule has 0 aliphatic carbocycles. The van der Waals surface area contributed by atoms with Gasteiger partial charge in [0.1, 0.15) is 12.9 Å². The van der Waals surface area contributed by atoms with E-state index in [-0.39, 0.29) is 12.9 Å². The quantitative estimate of drug-likeness (QED) is 0.516. The molecule has 0 N–H and O–H groups in total. The number of hydrogen-bond acceptors (Lipinski definition) is 3. The van der Waals surface area contributed by atoms with Crippen LogP contribution in [0.3, 0.4) is 0 Å². The molecule has 2 aromatic rings. The second-order valence-electron chi connectivity index (χ2n) is 4.87. The molecule has 1 atom stereocenters. The van der Waals surface area contributed by atoms with Gasteiger partial charge in [-0.1, -0.05) is 67.2 Å².